The number of likely N-dealkylation sites (N-methyl/N-ethyl adjacent to an activating group) is 1. The molecule has 2 aromatic rings. The summed E-state index contributed by atoms with van der Waals surface area (Å²) in [5.41, 5.74) is 3.01. The lowest BCUT2D eigenvalue weighted by Crippen LogP contribution is -2.23. The molecule has 28 heavy (non-hydrogen) atoms. The Labute approximate surface area is 167 Å². The third kappa shape index (κ3) is 4.09. The summed E-state index contributed by atoms with van der Waals surface area (Å²) < 4.78 is 10.0. The topological polar surface area (TPSA) is 68.2 Å². The van der Waals surface area contributed by atoms with Crippen LogP contribution in [0.2, 0.25) is 0 Å². The number of carbonyl (C=O) groups is 2. The Morgan fingerprint density at radius 2 is 1.86 bits per heavy atom. The van der Waals surface area contributed by atoms with E-state index in [4.69, 9.17) is 4.74 Å². The molecule has 0 bridgehead atoms. The van der Waals surface area contributed by atoms with E-state index in [1.54, 1.807) is 38.4 Å². The van der Waals surface area contributed by atoms with Crippen LogP contribution in [0.1, 0.15) is 21.5 Å². The van der Waals surface area contributed by atoms with Gasteiger partial charge in [-0.3, -0.25) is 9.69 Å². The molecular formula is C21H20N2O4S. The Hall–Kier alpha value is -3.06. The molecule has 6 nitrogen and oxygen atoms in total. The Bertz CT molecular complexity index is 980. The number of rotatable bonds is 4. The molecular weight excluding hydrogens is 376 g/mol. The fourth-order valence-electron chi connectivity index (χ4n) is 2.63. The third-order valence-corrected chi connectivity index (χ3v) is 5.31. The summed E-state index contributed by atoms with van der Waals surface area (Å²) in [5, 5.41) is 0.571. The first kappa shape index (κ1) is 19.7. The van der Waals surface area contributed by atoms with E-state index in [1.165, 1.54) is 23.8 Å². The molecule has 1 saturated heterocycles. The highest BCUT2D eigenvalue weighted by Gasteiger charge is 2.30. The fraction of sp³-hybridized carbons (Fsp3) is 0.190. The van der Waals surface area contributed by atoms with Gasteiger partial charge in [0.2, 0.25) is 0 Å². The normalized spacial score (nSPS) is 16.7. The molecule has 0 aliphatic carbocycles. The van der Waals surface area contributed by atoms with Gasteiger partial charge in [0.05, 0.1) is 30.4 Å². The molecule has 1 fully saturated rings. The molecule has 1 aliphatic rings. The third-order valence-electron chi connectivity index (χ3n) is 4.25. The molecule has 1 aliphatic heterocycles. The van der Waals surface area contributed by atoms with Crippen LogP contribution in [0.5, 0.6) is 5.75 Å². The van der Waals surface area contributed by atoms with E-state index < -0.39 is 5.97 Å². The second-order valence-corrected chi connectivity index (χ2v) is 7.15. The Balaban J connectivity index is 1.85. The smallest absolute Gasteiger partial charge is 0.337 e. The quantitative estimate of drug-likeness (QED) is 0.577. The molecule has 0 atom stereocenters. The summed E-state index contributed by atoms with van der Waals surface area (Å²) in [7, 11) is 4.65. The SMILES string of the molecule is COC(=O)c1ccc(N=C2S/C(=C/c3ccc(C)c(OC)c3)C(=O)N2C)cc1. The highest BCUT2D eigenvalue weighted by atomic mass is 32.2. The average molecular weight is 396 g/mol. The van der Waals surface area contributed by atoms with Gasteiger partial charge in [-0.25, -0.2) is 9.79 Å². The average Bonchev–Trinajstić information content (AvgIpc) is 2.97. The zero-order valence-electron chi connectivity index (χ0n) is 16.1. The second-order valence-electron chi connectivity index (χ2n) is 6.14. The van der Waals surface area contributed by atoms with Crippen molar-refractivity contribution < 1.29 is 19.1 Å². The van der Waals surface area contributed by atoms with E-state index in [2.05, 4.69) is 9.73 Å². The molecule has 0 radical (unpaired) electrons. The highest BCUT2D eigenvalue weighted by molar-refractivity contribution is 8.18. The summed E-state index contributed by atoms with van der Waals surface area (Å²) >= 11 is 1.30. The minimum atomic E-state index is -0.402. The minimum absolute atomic E-state index is 0.116. The second kappa shape index (κ2) is 8.31. The number of hydrogen-bond donors (Lipinski definition) is 0. The van der Waals surface area contributed by atoms with Crippen LogP contribution in [-0.2, 0) is 9.53 Å². The summed E-state index contributed by atoms with van der Waals surface area (Å²) in [5.74, 6) is 0.257. The van der Waals surface area contributed by atoms with E-state index in [0.717, 1.165) is 16.9 Å². The van der Waals surface area contributed by atoms with Gasteiger partial charge in [0.15, 0.2) is 5.17 Å². The Morgan fingerprint density at radius 1 is 1.14 bits per heavy atom. The monoisotopic (exact) mass is 396 g/mol. The Kier molecular flexibility index (Phi) is 5.84. The maximum atomic E-state index is 12.6. The molecule has 2 aromatic carbocycles. The van der Waals surface area contributed by atoms with Gasteiger partial charge in [-0.2, -0.15) is 0 Å². The first-order valence-electron chi connectivity index (χ1n) is 8.52. The van der Waals surface area contributed by atoms with Crippen LogP contribution >= 0.6 is 11.8 Å². The number of aryl methyl sites for hydroxylation is 1. The van der Waals surface area contributed by atoms with Gasteiger partial charge in [-0.1, -0.05) is 12.1 Å². The predicted octanol–water partition coefficient (Wildman–Crippen LogP) is 4.02. The van der Waals surface area contributed by atoms with Crippen LogP contribution in [0.4, 0.5) is 5.69 Å². The van der Waals surface area contributed by atoms with Crippen molar-refractivity contribution in [2.45, 2.75) is 6.92 Å². The van der Waals surface area contributed by atoms with Gasteiger partial charge in [0.25, 0.3) is 5.91 Å². The van der Waals surface area contributed by atoms with Gasteiger partial charge in [0, 0.05) is 7.05 Å². The van der Waals surface area contributed by atoms with Gasteiger partial charge in [0.1, 0.15) is 5.75 Å². The maximum Gasteiger partial charge on any atom is 0.337 e. The lowest BCUT2D eigenvalue weighted by molar-refractivity contribution is -0.121. The zero-order chi connectivity index (χ0) is 20.3. The first-order valence-corrected chi connectivity index (χ1v) is 9.34. The van der Waals surface area contributed by atoms with Crippen molar-refractivity contribution in [2.24, 2.45) is 4.99 Å². The van der Waals surface area contributed by atoms with Crippen LogP contribution in [0.3, 0.4) is 0 Å². The number of ether oxygens (including phenoxy) is 2. The van der Waals surface area contributed by atoms with E-state index in [-0.39, 0.29) is 5.91 Å². The van der Waals surface area contributed by atoms with E-state index >= 15 is 0 Å². The summed E-state index contributed by atoms with van der Waals surface area (Å²) in [4.78, 5) is 30.7. The number of nitrogens with zero attached hydrogens (tertiary/aromatic N) is 2. The lowest BCUT2D eigenvalue weighted by atomic mass is 10.1. The van der Waals surface area contributed by atoms with Gasteiger partial charge in [-0.05, 0) is 66.2 Å². The molecule has 0 saturated carbocycles. The number of amidine groups is 1. The molecule has 3 rings (SSSR count). The van der Waals surface area contributed by atoms with Crippen molar-refractivity contribution in [3.63, 3.8) is 0 Å². The Morgan fingerprint density at radius 3 is 2.50 bits per heavy atom. The van der Waals surface area contributed by atoms with Crippen LogP contribution in [0, 0.1) is 6.92 Å². The highest BCUT2D eigenvalue weighted by Crippen LogP contribution is 2.33. The van der Waals surface area contributed by atoms with E-state index in [0.29, 0.717) is 21.3 Å². The minimum Gasteiger partial charge on any atom is -0.496 e. The number of methoxy groups -OCH3 is 2. The molecule has 0 N–H and O–H groups in total. The van der Waals surface area contributed by atoms with Crippen LogP contribution in [0.25, 0.3) is 6.08 Å². The van der Waals surface area contributed by atoms with Gasteiger partial charge < -0.3 is 9.47 Å². The van der Waals surface area contributed by atoms with E-state index in [9.17, 15) is 9.59 Å². The molecule has 7 heteroatoms. The number of benzene rings is 2. The summed E-state index contributed by atoms with van der Waals surface area (Å²) in [6.07, 6.45) is 1.83. The number of carbonyl (C=O) groups excluding carboxylic acids is 2. The van der Waals surface area contributed by atoms with E-state index in [1.807, 2.05) is 31.2 Å². The van der Waals surface area contributed by atoms with Crippen molar-refractivity contribution in [1.82, 2.24) is 4.90 Å². The van der Waals surface area contributed by atoms with Crippen molar-refractivity contribution in [2.75, 3.05) is 21.3 Å². The number of hydrogen-bond acceptors (Lipinski definition) is 6. The number of esters is 1. The number of aliphatic imine (C=N–C) groups is 1. The molecule has 0 unspecified atom stereocenters. The van der Waals surface area contributed by atoms with Gasteiger partial charge in [-0.15, -0.1) is 0 Å². The largest absolute Gasteiger partial charge is 0.496 e. The van der Waals surface area contributed by atoms with Gasteiger partial charge >= 0.3 is 5.97 Å². The van der Waals surface area contributed by atoms with Crippen LogP contribution < -0.4 is 4.74 Å². The lowest BCUT2D eigenvalue weighted by Gasteiger charge is -2.07. The van der Waals surface area contributed by atoms with Crippen molar-refractivity contribution in [3.8, 4) is 5.75 Å². The van der Waals surface area contributed by atoms with Crippen molar-refractivity contribution in [1.29, 1.82) is 0 Å². The standard InChI is InChI=1S/C21H20N2O4S/c1-13-5-6-14(11-17(13)26-3)12-18-19(24)23(2)21(28-18)22-16-9-7-15(8-10-16)20(25)27-4/h5-12H,1-4H3/b18-12+,22-21?. The molecule has 0 aromatic heterocycles. The number of thioether (sulfide) groups is 1. The molecule has 1 heterocycles. The van der Waals surface area contributed by atoms with Crippen LogP contribution in [0.15, 0.2) is 52.4 Å². The zero-order valence-corrected chi connectivity index (χ0v) is 16.9. The first-order chi connectivity index (χ1) is 13.4. The van der Waals surface area contributed by atoms with Crippen molar-refractivity contribution in [3.05, 3.63) is 64.1 Å². The summed E-state index contributed by atoms with van der Waals surface area (Å²) in [6.45, 7) is 1.97. The number of amides is 1. The maximum absolute atomic E-state index is 12.6. The van der Waals surface area contributed by atoms with Crippen LogP contribution in [-0.4, -0.2) is 43.2 Å². The predicted molar refractivity (Wildman–Crippen MR) is 111 cm³/mol. The van der Waals surface area contributed by atoms with Crippen molar-refractivity contribution >= 4 is 40.6 Å². The molecule has 1 amide bonds. The molecule has 0 spiro atoms. The molecule has 144 valence electrons. The summed E-state index contributed by atoms with van der Waals surface area (Å²) in [6, 6.07) is 12.5. The fourth-order valence-corrected chi connectivity index (χ4v) is 3.62.